The smallest absolute Gasteiger partial charge is 0.0198 e. The summed E-state index contributed by atoms with van der Waals surface area (Å²) in [6.45, 7) is 35.8. The third-order valence-corrected chi connectivity index (χ3v) is 4.31. The van der Waals surface area contributed by atoms with Crippen LogP contribution < -0.4 is 0 Å². The molecule has 0 aromatic carbocycles. The van der Waals surface area contributed by atoms with Crippen molar-refractivity contribution in [2.45, 2.75) is 102 Å². The van der Waals surface area contributed by atoms with Crippen molar-refractivity contribution in [2.24, 2.45) is 5.41 Å². The number of hydrogen-bond acceptors (Lipinski definition) is 0. The molecule has 0 unspecified atom stereocenters. The quantitative estimate of drug-likeness (QED) is 0.330. The van der Waals surface area contributed by atoms with Crippen molar-refractivity contribution >= 4 is 0 Å². The highest BCUT2D eigenvalue weighted by Crippen LogP contribution is 2.36. The van der Waals surface area contributed by atoms with Crippen LogP contribution in [0.2, 0.25) is 0 Å². The van der Waals surface area contributed by atoms with Crippen LogP contribution in [0.25, 0.3) is 0 Å². The average Bonchev–Trinajstić information content (AvgIpc) is 2.69. The van der Waals surface area contributed by atoms with Gasteiger partial charge in [0.25, 0.3) is 0 Å². The standard InChI is InChI=1S/C25H38.C3H8.C2H6/c1-11-15-17-23(20(6)16-12-2)21(7)24(18-25(8,9)10)22(14-4)19(5)13-3;1-3-2;1-2/h11,13-15,17H,1,3-4,12,16,18H2,2,5-10H3;3H2,1-2H3;1-2H3/b17-15-,22-19+,23-20-,24-21+;;. The summed E-state index contributed by atoms with van der Waals surface area (Å²) in [6, 6.07) is 0. The van der Waals surface area contributed by atoms with E-state index < -0.39 is 0 Å². The first-order chi connectivity index (χ1) is 14.0. The molecule has 0 aromatic heterocycles. The van der Waals surface area contributed by atoms with Gasteiger partial charge in [0, 0.05) is 0 Å². The molecule has 0 rings (SSSR count). The lowest BCUT2D eigenvalue weighted by molar-refractivity contribution is 0.411. The van der Waals surface area contributed by atoms with Crippen LogP contribution in [0.4, 0.5) is 0 Å². The molecule has 0 N–H and O–H groups in total. The fourth-order valence-corrected chi connectivity index (χ4v) is 3.02. The molecule has 172 valence electrons. The molecule has 0 atom stereocenters. The van der Waals surface area contributed by atoms with E-state index >= 15 is 0 Å². The Kier molecular flexibility index (Phi) is 21.0. The largest absolute Gasteiger partial charge is 0.0991 e. The predicted octanol–water partition coefficient (Wildman–Crippen LogP) is 10.7. The lowest BCUT2D eigenvalue weighted by atomic mass is 9.80. The maximum atomic E-state index is 4.08. The minimum atomic E-state index is 0.193. The summed E-state index contributed by atoms with van der Waals surface area (Å²) < 4.78 is 0. The Morgan fingerprint density at radius 1 is 0.833 bits per heavy atom. The lowest BCUT2D eigenvalue weighted by Crippen LogP contribution is -2.10. The van der Waals surface area contributed by atoms with Gasteiger partial charge in [-0.3, -0.25) is 0 Å². The van der Waals surface area contributed by atoms with Crippen molar-refractivity contribution in [1.82, 2.24) is 0 Å². The first-order valence-electron chi connectivity index (χ1n) is 11.7. The van der Waals surface area contributed by atoms with Crippen LogP contribution in [0.3, 0.4) is 0 Å². The highest BCUT2D eigenvalue weighted by atomic mass is 14.2. The monoisotopic (exact) mass is 412 g/mol. The Hall–Kier alpha value is -1.82. The first-order valence-corrected chi connectivity index (χ1v) is 11.7. The van der Waals surface area contributed by atoms with Gasteiger partial charge in [-0.25, -0.2) is 0 Å². The van der Waals surface area contributed by atoms with Gasteiger partial charge in [0.2, 0.25) is 0 Å². The maximum absolute atomic E-state index is 4.08. The van der Waals surface area contributed by atoms with Crippen LogP contribution in [0.5, 0.6) is 0 Å². The van der Waals surface area contributed by atoms with Crippen LogP contribution in [0, 0.1) is 5.41 Å². The molecule has 0 aliphatic rings. The van der Waals surface area contributed by atoms with E-state index in [1.54, 1.807) is 0 Å². The molecular formula is C30H52. The van der Waals surface area contributed by atoms with Gasteiger partial charge < -0.3 is 0 Å². The Morgan fingerprint density at radius 2 is 1.33 bits per heavy atom. The number of hydrogen-bond donors (Lipinski definition) is 0. The van der Waals surface area contributed by atoms with Crippen molar-refractivity contribution in [2.75, 3.05) is 0 Å². The van der Waals surface area contributed by atoms with E-state index in [1.807, 2.05) is 38.2 Å². The van der Waals surface area contributed by atoms with Gasteiger partial charge in [0.05, 0.1) is 0 Å². The topological polar surface area (TPSA) is 0 Å². The molecule has 0 saturated carbocycles. The molecule has 0 heterocycles. The van der Waals surface area contributed by atoms with E-state index in [-0.39, 0.29) is 5.41 Å². The van der Waals surface area contributed by atoms with E-state index in [0.717, 1.165) is 19.3 Å². The molecule has 0 saturated heterocycles. The minimum Gasteiger partial charge on any atom is -0.0991 e. The first kappa shape index (κ1) is 32.8. The molecule has 0 heteroatoms. The molecule has 0 radical (unpaired) electrons. The zero-order valence-corrected chi connectivity index (χ0v) is 22.3. The second-order valence-corrected chi connectivity index (χ2v) is 8.59. The summed E-state index contributed by atoms with van der Waals surface area (Å²) in [5, 5.41) is 0. The normalized spacial score (nSPS) is 13.6. The molecule has 0 spiro atoms. The van der Waals surface area contributed by atoms with Crippen LogP contribution in [-0.2, 0) is 0 Å². The van der Waals surface area contributed by atoms with Crippen LogP contribution in [0.15, 0.2) is 83.6 Å². The Labute approximate surface area is 191 Å². The van der Waals surface area contributed by atoms with Gasteiger partial charge >= 0.3 is 0 Å². The summed E-state index contributed by atoms with van der Waals surface area (Å²) in [5.41, 5.74) is 8.00. The van der Waals surface area contributed by atoms with Gasteiger partial charge in [0.15, 0.2) is 0 Å². The molecule has 0 aliphatic carbocycles. The van der Waals surface area contributed by atoms with Crippen molar-refractivity contribution in [3.05, 3.63) is 83.6 Å². The molecule has 0 bridgehead atoms. The summed E-state index contributed by atoms with van der Waals surface area (Å²) in [6.07, 6.45) is 14.5. The molecule has 0 fully saturated rings. The van der Waals surface area contributed by atoms with Gasteiger partial charge in [-0.1, -0.05) is 124 Å². The van der Waals surface area contributed by atoms with Crippen molar-refractivity contribution in [3.63, 3.8) is 0 Å². The van der Waals surface area contributed by atoms with Gasteiger partial charge in [-0.05, 0) is 66.9 Å². The lowest BCUT2D eigenvalue weighted by Gasteiger charge is -2.25. The number of allylic oxidation sites excluding steroid dienone is 11. The van der Waals surface area contributed by atoms with E-state index in [4.69, 9.17) is 0 Å². The molecule has 0 amide bonds. The van der Waals surface area contributed by atoms with Crippen LogP contribution >= 0.6 is 0 Å². The van der Waals surface area contributed by atoms with Gasteiger partial charge in [-0.15, -0.1) is 0 Å². The minimum absolute atomic E-state index is 0.193. The third-order valence-electron chi connectivity index (χ3n) is 4.31. The average molecular weight is 413 g/mol. The molecule has 0 aromatic rings. The summed E-state index contributed by atoms with van der Waals surface area (Å²) in [5.74, 6) is 0. The van der Waals surface area contributed by atoms with E-state index in [9.17, 15) is 0 Å². The highest BCUT2D eigenvalue weighted by Gasteiger charge is 2.19. The molecule has 0 nitrogen and oxygen atoms in total. The second kappa shape index (κ2) is 19.2. The molecule has 0 aliphatic heterocycles. The van der Waals surface area contributed by atoms with Gasteiger partial charge in [0.1, 0.15) is 0 Å². The zero-order chi connectivity index (χ0) is 24.3. The predicted molar refractivity (Wildman–Crippen MR) is 144 cm³/mol. The fourth-order valence-electron chi connectivity index (χ4n) is 3.02. The Balaban J connectivity index is -0.00000133. The summed E-state index contributed by atoms with van der Waals surface area (Å²) >= 11 is 0. The Bertz CT molecular complexity index is 621. The molecule has 30 heavy (non-hydrogen) atoms. The second-order valence-electron chi connectivity index (χ2n) is 8.59. The summed E-state index contributed by atoms with van der Waals surface area (Å²) in [7, 11) is 0. The van der Waals surface area contributed by atoms with Crippen molar-refractivity contribution in [3.8, 4) is 0 Å². The Morgan fingerprint density at radius 3 is 1.67 bits per heavy atom. The fraction of sp³-hybridized carbons (Fsp3) is 0.533. The van der Waals surface area contributed by atoms with E-state index in [2.05, 4.69) is 88.1 Å². The third kappa shape index (κ3) is 14.2. The summed E-state index contributed by atoms with van der Waals surface area (Å²) in [4.78, 5) is 0. The highest BCUT2D eigenvalue weighted by molar-refractivity contribution is 5.55. The van der Waals surface area contributed by atoms with Crippen molar-refractivity contribution in [1.29, 1.82) is 0 Å². The zero-order valence-electron chi connectivity index (χ0n) is 22.3. The van der Waals surface area contributed by atoms with E-state index in [1.165, 1.54) is 39.9 Å². The van der Waals surface area contributed by atoms with E-state index in [0.29, 0.717) is 0 Å². The van der Waals surface area contributed by atoms with Crippen molar-refractivity contribution < 1.29 is 0 Å². The van der Waals surface area contributed by atoms with Crippen LogP contribution in [0.1, 0.15) is 102 Å². The maximum Gasteiger partial charge on any atom is -0.0198 e. The molecular weight excluding hydrogens is 360 g/mol. The van der Waals surface area contributed by atoms with Gasteiger partial charge in [-0.2, -0.15) is 0 Å². The van der Waals surface area contributed by atoms with Crippen LogP contribution in [-0.4, -0.2) is 0 Å². The SMILES string of the molecule is C=C\C=C/C(=C(\C)CCC)C(/C)=C(CC(C)(C)C)/C(C=C)=C(\C)C=C.CC.CCC. The number of rotatable bonds is 9.